The zero-order valence-corrected chi connectivity index (χ0v) is 14.1. The molecule has 4 fully saturated rings. The Kier molecular flexibility index (Phi) is 3.15. The molecule has 1 aromatic heterocycles. The molecule has 21 heavy (non-hydrogen) atoms. The van der Waals surface area contributed by atoms with Crippen molar-refractivity contribution in [3.8, 4) is 0 Å². The smallest absolute Gasteiger partial charge is 0.225 e. The Morgan fingerprint density at radius 1 is 1.00 bits per heavy atom. The van der Waals surface area contributed by atoms with E-state index in [0.717, 1.165) is 23.6 Å². The average molecular weight is 308 g/mol. The van der Waals surface area contributed by atoms with E-state index < -0.39 is 0 Å². The van der Waals surface area contributed by atoms with Crippen LogP contribution in [0, 0.1) is 23.2 Å². The number of nitrogens with zero attached hydrogens (tertiary/aromatic N) is 3. The Hall–Kier alpha value is -0.570. The van der Waals surface area contributed by atoms with Gasteiger partial charge in [-0.3, -0.25) is 4.57 Å². The summed E-state index contributed by atoms with van der Waals surface area (Å²) >= 11 is 6.41. The second-order valence-electron chi connectivity index (χ2n) is 8.31. The van der Waals surface area contributed by atoms with Crippen LogP contribution in [0.3, 0.4) is 0 Å². The molecular weight excluding hydrogens is 282 g/mol. The van der Waals surface area contributed by atoms with Crippen molar-refractivity contribution in [2.24, 2.45) is 23.2 Å². The summed E-state index contributed by atoms with van der Waals surface area (Å²) in [6.45, 7) is 6.74. The molecule has 0 aromatic carbocycles. The predicted molar refractivity (Wildman–Crippen MR) is 84.4 cm³/mol. The molecule has 4 bridgehead atoms. The first-order valence-corrected chi connectivity index (χ1v) is 8.96. The number of aromatic nitrogens is 3. The van der Waals surface area contributed by atoms with Crippen molar-refractivity contribution in [1.82, 2.24) is 14.8 Å². The molecule has 0 amide bonds. The average Bonchev–Trinajstić information content (AvgIpc) is 2.78. The van der Waals surface area contributed by atoms with Gasteiger partial charge in [0.15, 0.2) is 0 Å². The minimum Gasteiger partial charge on any atom is -0.298 e. The normalized spacial score (nSPS) is 39.2. The van der Waals surface area contributed by atoms with Gasteiger partial charge < -0.3 is 0 Å². The summed E-state index contributed by atoms with van der Waals surface area (Å²) in [5.74, 6) is 4.34. The van der Waals surface area contributed by atoms with Crippen molar-refractivity contribution < 1.29 is 0 Å². The van der Waals surface area contributed by atoms with E-state index in [1.165, 1.54) is 38.5 Å². The van der Waals surface area contributed by atoms with Crippen LogP contribution in [0.25, 0.3) is 0 Å². The van der Waals surface area contributed by atoms with Crippen molar-refractivity contribution in [2.75, 3.05) is 0 Å². The van der Waals surface area contributed by atoms with Crippen LogP contribution in [-0.4, -0.2) is 14.8 Å². The largest absolute Gasteiger partial charge is 0.298 e. The van der Waals surface area contributed by atoms with Crippen LogP contribution in [0.5, 0.6) is 0 Å². The lowest BCUT2D eigenvalue weighted by molar-refractivity contribution is -0.0793. The molecule has 0 spiro atoms. The summed E-state index contributed by atoms with van der Waals surface area (Å²) in [7, 11) is 0. The van der Waals surface area contributed by atoms with Crippen molar-refractivity contribution in [3.05, 3.63) is 11.1 Å². The Morgan fingerprint density at radius 2 is 1.52 bits per heavy atom. The Labute approximate surface area is 132 Å². The Bertz CT molecular complexity index is 513. The molecule has 0 N–H and O–H groups in total. The first-order valence-electron chi connectivity index (χ1n) is 8.59. The number of halogens is 1. The minimum absolute atomic E-state index is 0.376. The van der Waals surface area contributed by atoms with Gasteiger partial charge in [0.05, 0.1) is 0 Å². The lowest BCUT2D eigenvalue weighted by atomic mass is 9.48. The summed E-state index contributed by atoms with van der Waals surface area (Å²) in [6.07, 6.45) is 8.64. The zero-order chi connectivity index (χ0) is 14.8. The van der Waals surface area contributed by atoms with E-state index in [9.17, 15) is 0 Å². The fourth-order valence-corrected chi connectivity index (χ4v) is 6.27. The van der Waals surface area contributed by atoms with Gasteiger partial charge in [-0.05, 0) is 80.2 Å². The maximum Gasteiger partial charge on any atom is 0.225 e. The molecule has 1 unspecified atom stereocenters. The second-order valence-corrected chi connectivity index (χ2v) is 8.65. The molecule has 1 aromatic rings. The van der Waals surface area contributed by atoms with Gasteiger partial charge in [-0.2, -0.15) is 0 Å². The third kappa shape index (κ3) is 2.07. The molecule has 4 aliphatic rings. The quantitative estimate of drug-likeness (QED) is 0.800. The van der Waals surface area contributed by atoms with E-state index in [2.05, 4.69) is 35.5 Å². The summed E-state index contributed by atoms with van der Waals surface area (Å²) in [4.78, 5) is 0. The van der Waals surface area contributed by atoms with Gasteiger partial charge in [0.25, 0.3) is 0 Å². The topological polar surface area (TPSA) is 30.7 Å². The molecule has 5 rings (SSSR count). The van der Waals surface area contributed by atoms with Crippen molar-refractivity contribution in [3.63, 3.8) is 0 Å². The molecule has 4 heteroatoms. The summed E-state index contributed by atoms with van der Waals surface area (Å²) in [5, 5.41) is 9.09. The zero-order valence-electron chi connectivity index (χ0n) is 13.3. The molecule has 0 radical (unpaired) electrons. The number of rotatable bonds is 3. The fraction of sp³-hybridized carbons (Fsp3) is 0.882. The van der Waals surface area contributed by atoms with Crippen LogP contribution in [0.4, 0.5) is 0 Å². The molecule has 116 valence electrons. The maximum atomic E-state index is 6.41. The van der Waals surface area contributed by atoms with Crippen LogP contribution in [0.15, 0.2) is 0 Å². The van der Waals surface area contributed by atoms with Crippen LogP contribution in [0.2, 0.25) is 5.28 Å². The first kappa shape index (κ1) is 14.0. The summed E-state index contributed by atoms with van der Waals surface area (Å²) in [6, 6.07) is 0.436. The van der Waals surface area contributed by atoms with Gasteiger partial charge in [-0.15, -0.1) is 10.2 Å². The fourth-order valence-electron chi connectivity index (χ4n) is 6.00. The highest BCUT2D eigenvalue weighted by atomic mass is 35.5. The van der Waals surface area contributed by atoms with Gasteiger partial charge in [0.1, 0.15) is 5.82 Å². The molecule has 0 aliphatic heterocycles. The second kappa shape index (κ2) is 4.71. The number of hydrogen-bond donors (Lipinski definition) is 0. The van der Waals surface area contributed by atoms with Gasteiger partial charge in [0, 0.05) is 12.0 Å². The molecule has 3 nitrogen and oxygen atoms in total. The monoisotopic (exact) mass is 307 g/mol. The standard InChI is InChI=1S/C17H26ClN3/c1-10(2)15-19-20-16(18)21(15)11(3)17-7-12-4-13(8-17)6-14(5-12)9-17/h10-14H,4-9H2,1-3H3. The molecule has 4 saturated carbocycles. The van der Waals surface area contributed by atoms with E-state index in [-0.39, 0.29) is 0 Å². The SMILES string of the molecule is CC(C)c1nnc(Cl)n1C(C)C12CC3CC(CC(C3)C1)C2. The van der Waals surface area contributed by atoms with Crippen LogP contribution >= 0.6 is 11.6 Å². The third-order valence-corrected chi connectivity index (χ3v) is 6.81. The van der Waals surface area contributed by atoms with Gasteiger partial charge in [-0.25, -0.2) is 0 Å². The lowest BCUT2D eigenvalue weighted by Crippen LogP contribution is -2.49. The van der Waals surface area contributed by atoms with E-state index in [0.29, 0.717) is 22.7 Å². The van der Waals surface area contributed by atoms with Crippen molar-refractivity contribution in [1.29, 1.82) is 0 Å². The van der Waals surface area contributed by atoms with E-state index >= 15 is 0 Å². The van der Waals surface area contributed by atoms with Gasteiger partial charge >= 0.3 is 0 Å². The molecule has 1 heterocycles. The van der Waals surface area contributed by atoms with E-state index in [4.69, 9.17) is 11.6 Å². The van der Waals surface area contributed by atoms with Crippen molar-refractivity contribution in [2.45, 2.75) is 71.3 Å². The van der Waals surface area contributed by atoms with Gasteiger partial charge in [-0.1, -0.05) is 13.8 Å². The minimum atomic E-state index is 0.376. The van der Waals surface area contributed by atoms with E-state index in [1.54, 1.807) is 0 Å². The molecule has 0 saturated heterocycles. The highest BCUT2D eigenvalue weighted by Gasteiger charge is 2.54. The Balaban J connectivity index is 1.72. The van der Waals surface area contributed by atoms with Crippen molar-refractivity contribution >= 4 is 11.6 Å². The lowest BCUT2D eigenvalue weighted by Gasteiger charge is -2.59. The first-order chi connectivity index (χ1) is 9.98. The molecule has 1 atom stereocenters. The van der Waals surface area contributed by atoms with E-state index in [1.807, 2.05) is 0 Å². The highest BCUT2D eigenvalue weighted by molar-refractivity contribution is 6.28. The summed E-state index contributed by atoms with van der Waals surface area (Å²) < 4.78 is 2.25. The summed E-state index contributed by atoms with van der Waals surface area (Å²) in [5.41, 5.74) is 0.449. The third-order valence-electron chi connectivity index (χ3n) is 6.56. The predicted octanol–water partition coefficient (Wildman–Crippen LogP) is 4.83. The Morgan fingerprint density at radius 3 is 2.00 bits per heavy atom. The van der Waals surface area contributed by atoms with Crippen LogP contribution in [0.1, 0.15) is 77.1 Å². The van der Waals surface area contributed by atoms with Crippen LogP contribution in [-0.2, 0) is 0 Å². The molecular formula is C17H26ClN3. The van der Waals surface area contributed by atoms with Gasteiger partial charge in [0.2, 0.25) is 5.28 Å². The number of hydrogen-bond acceptors (Lipinski definition) is 2. The van der Waals surface area contributed by atoms with Crippen LogP contribution < -0.4 is 0 Å². The maximum absolute atomic E-state index is 6.41. The molecule has 4 aliphatic carbocycles. The highest BCUT2D eigenvalue weighted by Crippen LogP contribution is 2.64.